The summed E-state index contributed by atoms with van der Waals surface area (Å²) >= 11 is 0. The second kappa shape index (κ2) is 10.1. The monoisotopic (exact) mass is 464 g/mol. The van der Waals surface area contributed by atoms with E-state index in [9.17, 15) is 14.4 Å². The molecule has 0 radical (unpaired) electrons. The molecule has 1 aliphatic heterocycles. The number of furan rings is 1. The fourth-order valence-electron chi connectivity index (χ4n) is 3.59. The molecule has 9 heteroatoms. The highest BCUT2D eigenvalue weighted by molar-refractivity contribution is 6.05. The van der Waals surface area contributed by atoms with Crippen molar-refractivity contribution in [3.05, 3.63) is 72.2 Å². The quantitative estimate of drug-likeness (QED) is 0.485. The van der Waals surface area contributed by atoms with Crippen molar-refractivity contribution < 1.29 is 33.0 Å². The van der Waals surface area contributed by atoms with Crippen molar-refractivity contribution >= 4 is 23.3 Å². The van der Waals surface area contributed by atoms with Crippen LogP contribution in [-0.2, 0) is 16.1 Å². The first kappa shape index (κ1) is 22.9. The molecule has 2 amide bonds. The van der Waals surface area contributed by atoms with Crippen LogP contribution in [0.15, 0.2) is 65.3 Å². The zero-order valence-electron chi connectivity index (χ0n) is 18.8. The largest absolute Gasteiger partial charge is 0.493 e. The predicted octanol–water partition coefficient (Wildman–Crippen LogP) is 2.98. The van der Waals surface area contributed by atoms with E-state index in [4.69, 9.17) is 18.6 Å². The summed E-state index contributed by atoms with van der Waals surface area (Å²) in [6.45, 7) is 1.38. The summed E-state index contributed by atoms with van der Waals surface area (Å²) in [4.78, 5) is 39.6. The average molecular weight is 464 g/mol. The van der Waals surface area contributed by atoms with Crippen LogP contribution in [0.4, 0.5) is 5.69 Å². The molecule has 34 heavy (non-hydrogen) atoms. The van der Waals surface area contributed by atoms with Gasteiger partial charge in [-0.2, -0.15) is 0 Å². The van der Waals surface area contributed by atoms with E-state index in [1.807, 2.05) is 0 Å². The number of benzene rings is 2. The average Bonchev–Trinajstić information content (AvgIpc) is 3.39. The summed E-state index contributed by atoms with van der Waals surface area (Å²) in [5, 5.41) is 2.75. The van der Waals surface area contributed by atoms with Crippen molar-refractivity contribution in [2.24, 2.45) is 0 Å². The molecule has 0 spiro atoms. The fourth-order valence-corrected chi connectivity index (χ4v) is 3.59. The smallest absolute Gasteiger partial charge is 0.265 e. The van der Waals surface area contributed by atoms with Gasteiger partial charge in [-0.25, -0.2) is 0 Å². The number of para-hydroxylation sites is 2. The number of Topliss-reactive ketones (excluding diaryl/α,β-unsaturated/α-hetero) is 1. The standard InChI is InChI=1S/C25H24N2O7/c1-16(25(30)26-13-18-6-5-11-32-18)27-19-12-17(9-10-21(19)34-15-24(27)29)20(28)14-33-23-8-4-3-7-22(23)31-2/h3-12,16H,13-15H2,1-2H3,(H,26,30). The number of carbonyl (C=O) groups is 3. The van der Waals surface area contributed by atoms with Crippen LogP contribution in [0.2, 0.25) is 0 Å². The Kier molecular flexibility index (Phi) is 6.82. The van der Waals surface area contributed by atoms with Crippen molar-refractivity contribution in [1.82, 2.24) is 5.32 Å². The number of hydrogen-bond donors (Lipinski definition) is 1. The molecule has 3 aromatic rings. The van der Waals surface area contributed by atoms with Gasteiger partial charge in [0.15, 0.2) is 30.5 Å². The number of ether oxygens (including phenoxy) is 3. The minimum Gasteiger partial charge on any atom is -0.493 e. The summed E-state index contributed by atoms with van der Waals surface area (Å²) in [5.41, 5.74) is 0.667. The molecule has 0 saturated heterocycles. The van der Waals surface area contributed by atoms with E-state index >= 15 is 0 Å². The van der Waals surface area contributed by atoms with E-state index in [-0.39, 0.29) is 37.4 Å². The zero-order chi connectivity index (χ0) is 24.1. The summed E-state index contributed by atoms with van der Waals surface area (Å²) in [5.74, 6) is 0.904. The molecule has 1 aromatic heterocycles. The van der Waals surface area contributed by atoms with Gasteiger partial charge in [0.05, 0.1) is 25.6 Å². The van der Waals surface area contributed by atoms with Crippen LogP contribution in [0.1, 0.15) is 23.0 Å². The van der Waals surface area contributed by atoms with Gasteiger partial charge in [0.25, 0.3) is 5.91 Å². The molecular formula is C25H24N2O7. The first-order valence-electron chi connectivity index (χ1n) is 10.7. The molecule has 1 aliphatic rings. The van der Waals surface area contributed by atoms with Crippen molar-refractivity contribution in [1.29, 1.82) is 0 Å². The molecule has 1 unspecified atom stereocenters. The number of nitrogens with zero attached hydrogens (tertiary/aromatic N) is 1. The maximum Gasteiger partial charge on any atom is 0.265 e. The lowest BCUT2D eigenvalue weighted by atomic mass is 10.1. The molecule has 1 atom stereocenters. The first-order chi connectivity index (χ1) is 16.5. The Morgan fingerprint density at radius 1 is 1.12 bits per heavy atom. The molecule has 0 aliphatic carbocycles. The highest BCUT2D eigenvalue weighted by Crippen LogP contribution is 2.35. The van der Waals surface area contributed by atoms with Crippen LogP contribution >= 0.6 is 0 Å². The molecule has 9 nitrogen and oxygen atoms in total. The van der Waals surface area contributed by atoms with Crippen LogP contribution < -0.4 is 24.4 Å². The molecule has 2 aromatic carbocycles. The fraction of sp³-hybridized carbons (Fsp3) is 0.240. The van der Waals surface area contributed by atoms with E-state index < -0.39 is 6.04 Å². The van der Waals surface area contributed by atoms with E-state index in [1.165, 1.54) is 24.3 Å². The van der Waals surface area contributed by atoms with Crippen molar-refractivity contribution in [2.45, 2.75) is 19.5 Å². The number of rotatable bonds is 9. The highest BCUT2D eigenvalue weighted by atomic mass is 16.5. The second-order valence-corrected chi connectivity index (χ2v) is 7.57. The minimum absolute atomic E-state index is 0.195. The lowest BCUT2D eigenvalue weighted by Gasteiger charge is -2.33. The van der Waals surface area contributed by atoms with Gasteiger partial charge in [0.2, 0.25) is 5.91 Å². The summed E-state index contributed by atoms with van der Waals surface area (Å²) < 4.78 is 21.6. The van der Waals surface area contributed by atoms with E-state index in [1.54, 1.807) is 55.5 Å². The van der Waals surface area contributed by atoms with Crippen molar-refractivity contribution in [3.8, 4) is 17.2 Å². The summed E-state index contributed by atoms with van der Waals surface area (Å²) in [6.07, 6.45) is 1.52. The Balaban J connectivity index is 1.50. The maximum atomic E-state index is 12.8. The van der Waals surface area contributed by atoms with Crippen LogP contribution in [-0.4, -0.2) is 44.0 Å². The molecular weight excluding hydrogens is 440 g/mol. The first-order valence-corrected chi connectivity index (χ1v) is 10.7. The second-order valence-electron chi connectivity index (χ2n) is 7.57. The highest BCUT2D eigenvalue weighted by Gasteiger charge is 2.33. The van der Waals surface area contributed by atoms with Gasteiger partial charge < -0.3 is 23.9 Å². The number of methoxy groups -OCH3 is 1. The maximum absolute atomic E-state index is 12.8. The summed E-state index contributed by atoms with van der Waals surface area (Å²) in [7, 11) is 1.52. The lowest BCUT2D eigenvalue weighted by Crippen LogP contribution is -2.51. The van der Waals surface area contributed by atoms with E-state index in [0.29, 0.717) is 34.3 Å². The van der Waals surface area contributed by atoms with Gasteiger partial charge in [-0.15, -0.1) is 0 Å². The number of ketones is 1. The SMILES string of the molecule is COc1ccccc1OCC(=O)c1ccc2c(c1)N(C(C)C(=O)NCc1ccco1)C(=O)CO2. The Bertz CT molecular complexity index is 1190. The molecule has 1 N–H and O–H groups in total. The van der Waals surface area contributed by atoms with Gasteiger partial charge in [-0.1, -0.05) is 12.1 Å². The number of anilines is 1. The number of fused-ring (bicyclic) bond motifs is 1. The molecule has 0 bridgehead atoms. The third-order valence-electron chi connectivity index (χ3n) is 5.37. The molecule has 0 fully saturated rings. The zero-order valence-corrected chi connectivity index (χ0v) is 18.8. The Hall–Kier alpha value is -4.27. The molecule has 4 rings (SSSR count). The van der Waals surface area contributed by atoms with Gasteiger partial charge in [-0.05, 0) is 49.4 Å². The topological polar surface area (TPSA) is 107 Å². The number of nitrogens with one attached hydrogen (secondary N) is 1. The van der Waals surface area contributed by atoms with Crippen LogP contribution in [0.5, 0.6) is 17.2 Å². The van der Waals surface area contributed by atoms with E-state index in [0.717, 1.165) is 0 Å². The number of hydrogen-bond acceptors (Lipinski definition) is 7. The summed E-state index contributed by atoms with van der Waals surface area (Å²) in [6, 6.07) is 14.4. The number of amides is 2. The van der Waals surface area contributed by atoms with Crippen molar-refractivity contribution in [3.63, 3.8) is 0 Å². The van der Waals surface area contributed by atoms with Gasteiger partial charge in [-0.3, -0.25) is 19.3 Å². The third kappa shape index (κ3) is 4.88. The van der Waals surface area contributed by atoms with Crippen molar-refractivity contribution in [2.75, 3.05) is 25.2 Å². The Morgan fingerprint density at radius 3 is 2.65 bits per heavy atom. The Labute approximate surface area is 196 Å². The predicted molar refractivity (Wildman–Crippen MR) is 122 cm³/mol. The molecule has 176 valence electrons. The van der Waals surface area contributed by atoms with Gasteiger partial charge in [0, 0.05) is 5.56 Å². The molecule has 2 heterocycles. The lowest BCUT2D eigenvalue weighted by molar-refractivity contribution is -0.127. The minimum atomic E-state index is -0.833. The van der Waals surface area contributed by atoms with Crippen LogP contribution in [0.25, 0.3) is 0 Å². The third-order valence-corrected chi connectivity index (χ3v) is 5.37. The van der Waals surface area contributed by atoms with Gasteiger partial charge >= 0.3 is 0 Å². The van der Waals surface area contributed by atoms with E-state index in [2.05, 4.69) is 5.32 Å². The Morgan fingerprint density at radius 2 is 1.91 bits per heavy atom. The number of carbonyl (C=O) groups excluding carboxylic acids is 3. The molecule has 0 saturated carbocycles. The van der Waals surface area contributed by atoms with Crippen LogP contribution in [0.3, 0.4) is 0 Å². The van der Waals surface area contributed by atoms with Crippen LogP contribution in [0, 0.1) is 0 Å². The van der Waals surface area contributed by atoms with Gasteiger partial charge in [0.1, 0.15) is 17.6 Å². The normalized spacial score (nSPS) is 13.5.